The molecule has 2 aromatic heterocycles. The zero-order chi connectivity index (χ0) is 10.8. The first-order valence-corrected chi connectivity index (χ1v) is 6.30. The molecular formula is C11H9BrO2S. The number of aryl methyl sites for hydroxylation is 1. The van der Waals surface area contributed by atoms with Crippen molar-refractivity contribution in [3.8, 4) is 0 Å². The summed E-state index contributed by atoms with van der Waals surface area (Å²) in [5, 5.41) is 3.75. The Hall–Kier alpha value is -0.870. The minimum absolute atomic E-state index is 0.0220. The number of halogens is 1. The van der Waals surface area contributed by atoms with Gasteiger partial charge in [-0.25, -0.2) is 0 Å². The molecule has 0 aliphatic rings. The Morgan fingerprint density at radius 2 is 2.27 bits per heavy atom. The van der Waals surface area contributed by atoms with Crippen molar-refractivity contribution in [2.45, 2.75) is 13.3 Å². The monoisotopic (exact) mass is 284 g/mol. The van der Waals surface area contributed by atoms with Crippen molar-refractivity contribution in [2.24, 2.45) is 0 Å². The van der Waals surface area contributed by atoms with Crippen molar-refractivity contribution in [3.05, 3.63) is 44.4 Å². The fourth-order valence-corrected chi connectivity index (χ4v) is 2.86. The number of hydrogen-bond donors (Lipinski definition) is 0. The van der Waals surface area contributed by atoms with E-state index in [4.69, 9.17) is 4.42 Å². The third-order valence-corrected chi connectivity index (χ3v) is 3.87. The maximum Gasteiger partial charge on any atom is 0.198 e. The average molecular weight is 285 g/mol. The highest BCUT2D eigenvalue weighted by Gasteiger charge is 2.18. The molecule has 0 saturated heterocycles. The summed E-state index contributed by atoms with van der Waals surface area (Å²) in [5.74, 6) is 0.770. The van der Waals surface area contributed by atoms with Crippen LogP contribution in [0.1, 0.15) is 28.6 Å². The van der Waals surface area contributed by atoms with Crippen molar-refractivity contribution < 1.29 is 9.21 Å². The van der Waals surface area contributed by atoms with Gasteiger partial charge in [-0.2, -0.15) is 11.3 Å². The molecule has 0 N–H and O–H groups in total. The highest BCUT2D eigenvalue weighted by molar-refractivity contribution is 9.10. The SMILES string of the molecule is CCc1occc1C(=O)c1cscc1Br. The van der Waals surface area contributed by atoms with Gasteiger partial charge >= 0.3 is 0 Å². The van der Waals surface area contributed by atoms with Gasteiger partial charge in [-0.1, -0.05) is 6.92 Å². The smallest absolute Gasteiger partial charge is 0.198 e. The standard InChI is InChI=1S/C11H9BrO2S/c1-2-10-7(3-4-14-10)11(13)8-5-15-6-9(8)12/h3-6H,2H2,1H3. The largest absolute Gasteiger partial charge is 0.469 e. The highest BCUT2D eigenvalue weighted by atomic mass is 79.9. The summed E-state index contributed by atoms with van der Waals surface area (Å²) >= 11 is 4.86. The van der Waals surface area contributed by atoms with Gasteiger partial charge in [0.2, 0.25) is 0 Å². The lowest BCUT2D eigenvalue weighted by Gasteiger charge is -1.98. The first-order valence-electron chi connectivity index (χ1n) is 4.56. The molecule has 0 saturated carbocycles. The number of ketones is 1. The fourth-order valence-electron chi connectivity index (χ4n) is 1.41. The van der Waals surface area contributed by atoms with Crippen LogP contribution in [-0.4, -0.2) is 5.78 Å². The van der Waals surface area contributed by atoms with Crippen molar-refractivity contribution >= 4 is 33.0 Å². The third-order valence-electron chi connectivity index (χ3n) is 2.17. The Bertz CT molecular complexity index is 484. The van der Waals surface area contributed by atoms with Crippen LogP contribution < -0.4 is 0 Å². The second-order valence-corrected chi connectivity index (χ2v) is 4.67. The van der Waals surface area contributed by atoms with Gasteiger partial charge in [-0.15, -0.1) is 0 Å². The van der Waals surface area contributed by atoms with Gasteiger partial charge in [0.1, 0.15) is 5.76 Å². The van der Waals surface area contributed by atoms with E-state index >= 15 is 0 Å². The van der Waals surface area contributed by atoms with Crippen LogP contribution in [0.15, 0.2) is 32.0 Å². The van der Waals surface area contributed by atoms with Crippen molar-refractivity contribution in [1.29, 1.82) is 0 Å². The molecule has 0 spiro atoms. The lowest BCUT2D eigenvalue weighted by molar-refractivity contribution is 0.103. The number of thiophene rings is 1. The molecule has 0 bridgehead atoms. The normalized spacial score (nSPS) is 10.5. The predicted octanol–water partition coefficient (Wildman–Crippen LogP) is 3.90. The van der Waals surface area contributed by atoms with Gasteiger partial charge in [0.15, 0.2) is 5.78 Å². The minimum Gasteiger partial charge on any atom is -0.469 e. The zero-order valence-corrected chi connectivity index (χ0v) is 10.5. The first kappa shape index (κ1) is 10.6. The van der Waals surface area contributed by atoms with Gasteiger partial charge in [-0.05, 0) is 22.0 Å². The summed E-state index contributed by atoms with van der Waals surface area (Å²) in [6, 6.07) is 1.73. The van der Waals surface area contributed by atoms with E-state index in [0.29, 0.717) is 11.1 Å². The fraction of sp³-hybridized carbons (Fsp3) is 0.182. The van der Waals surface area contributed by atoms with Crippen LogP contribution in [-0.2, 0) is 6.42 Å². The van der Waals surface area contributed by atoms with Gasteiger partial charge in [0.05, 0.1) is 11.8 Å². The quantitative estimate of drug-likeness (QED) is 0.801. The molecule has 0 radical (unpaired) electrons. The van der Waals surface area contributed by atoms with E-state index in [2.05, 4.69) is 15.9 Å². The van der Waals surface area contributed by atoms with E-state index in [1.807, 2.05) is 17.7 Å². The molecule has 0 atom stereocenters. The van der Waals surface area contributed by atoms with Gasteiger partial charge in [0, 0.05) is 27.2 Å². The Morgan fingerprint density at radius 1 is 1.47 bits per heavy atom. The van der Waals surface area contributed by atoms with Crippen LogP contribution in [0.3, 0.4) is 0 Å². The molecule has 0 aromatic carbocycles. The summed E-state index contributed by atoms with van der Waals surface area (Å²) in [6.07, 6.45) is 2.29. The number of furan rings is 1. The van der Waals surface area contributed by atoms with Crippen LogP contribution in [0.25, 0.3) is 0 Å². The summed E-state index contributed by atoms with van der Waals surface area (Å²) in [7, 11) is 0. The second kappa shape index (κ2) is 4.33. The molecule has 2 nitrogen and oxygen atoms in total. The second-order valence-electron chi connectivity index (χ2n) is 3.07. The van der Waals surface area contributed by atoms with Crippen LogP contribution in [0.4, 0.5) is 0 Å². The summed E-state index contributed by atoms with van der Waals surface area (Å²) in [6.45, 7) is 1.97. The molecule has 15 heavy (non-hydrogen) atoms. The van der Waals surface area contributed by atoms with E-state index in [9.17, 15) is 4.79 Å². The molecule has 2 rings (SSSR count). The molecule has 78 valence electrons. The van der Waals surface area contributed by atoms with Crippen molar-refractivity contribution in [2.75, 3.05) is 0 Å². The topological polar surface area (TPSA) is 30.2 Å². The molecule has 0 fully saturated rings. The van der Waals surface area contributed by atoms with Crippen LogP contribution in [0.5, 0.6) is 0 Å². The predicted molar refractivity (Wildman–Crippen MR) is 63.5 cm³/mol. The lowest BCUT2D eigenvalue weighted by atomic mass is 10.1. The van der Waals surface area contributed by atoms with Gasteiger partial charge < -0.3 is 4.42 Å². The summed E-state index contributed by atoms with van der Waals surface area (Å²) in [5.41, 5.74) is 1.37. The molecule has 2 aromatic rings. The Kier molecular flexibility index (Phi) is 3.07. The third kappa shape index (κ3) is 1.92. The Morgan fingerprint density at radius 3 is 2.87 bits per heavy atom. The molecule has 0 aliphatic heterocycles. The summed E-state index contributed by atoms with van der Waals surface area (Å²) < 4.78 is 6.09. The molecule has 0 aliphatic carbocycles. The van der Waals surface area contributed by atoms with E-state index in [1.165, 1.54) is 11.3 Å². The maximum absolute atomic E-state index is 12.1. The van der Waals surface area contributed by atoms with Gasteiger partial charge in [0.25, 0.3) is 0 Å². The Balaban J connectivity index is 2.41. The van der Waals surface area contributed by atoms with Crippen LogP contribution in [0, 0.1) is 0 Å². The van der Waals surface area contributed by atoms with Crippen molar-refractivity contribution in [1.82, 2.24) is 0 Å². The van der Waals surface area contributed by atoms with Gasteiger partial charge in [-0.3, -0.25) is 4.79 Å². The highest BCUT2D eigenvalue weighted by Crippen LogP contribution is 2.25. The first-order chi connectivity index (χ1) is 7.24. The number of carbonyl (C=O) groups excluding carboxylic acids is 1. The number of hydrogen-bond acceptors (Lipinski definition) is 3. The van der Waals surface area contributed by atoms with E-state index < -0.39 is 0 Å². The van der Waals surface area contributed by atoms with E-state index in [1.54, 1.807) is 12.3 Å². The molecule has 0 unspecified atom stereocenters. The Labute approximate surface area is 100 Å². The molecule has 2 heterocycles. The van der Waals surface area contributed by atoms with Crippen molar-refractivity contribution in [3.63, 3.8) is 0 Å². The molecular weight excluding hydrogens is 276 g/mol. The lowest BCUT2D eigenvalue weighted by Crippen LogP contribution is -2.01. The van der Waals surface area contributed by atoms with Crippen LogP contribution >= 0.6 is 27.3 Å². The molecule has 4 heteroatoms. The zero-order valence-electron chi connectivity index (χ0n) is 8.12. The molecule has 0 amide bonds. The number of rotatable bonds is 3. The maximum atomic E-state index is 12.1. The van der Waals surface area contributed by atoms with E-state index in [-0.39, 0.29) is 5.78 Å². The minimum atomic E-state index is 0.0220. The summed E-state index contributed by atoms with van der Waals surface area (Å²) in [4.78, 5) is 12.1. The van der Waals surface area contributed by atoms with Crippen LogP contribution in [0.2, 0.25) is 0 Å². The number of carbonyl (C=O) groups is 1. The van der Waals surface area contributed by atoms with E-state index in [0.717, 1.165) is 16.7 Å². The average Bonchev–Trinajstić information content (AvgIpc) is 2.84.